The summed E-state index contributed by atoms with van der Waals surface area (Å²) in [6.07, 6.45) is 2.39. The van der Waals surface area contributed by atoms with Crippen LogP contribution in [0.15, 0.2) is 6.07 Å². The maximum atomic E-state index is 4.67. The highest BCUT2D eigenvalue weighted by molar-refractivity contribution is 7.18. The molecule has 0 unspecified atom stereocenters. The van der Waals surface area contributed by atoms with Gasteiger partial charge < -0.3 is 10.2 Å². The third kappa shape index (κ3) is 2.97. The van der Waals surface area contributed by atoms with Gasteiger partial charge in [0.05, 0.1) is 5.39 Å². The minimum Gasteiger partial charge on any atom is -0.357 e. The van der Waals surface area contributed by atoms with Crippen molar-refractivity contribution in [3.8, 4) is 0 Å². The largest absolute Gasteiger partial charge is 0.357 e. The summed E-state index contributed by atoms with van der Waals surface area (Å²) in [6.45, 7) is 8.55. The maximum Gasteiger partial charge on any atom is 0.225 e. The Kier molecular flexibility index (Phi) is 4.58. The molecule has 19 heavy (non-hydrogen) atoms. The van der Waals surface area contributed by atoms with Crippen molar-refractivity contribution in [3.63, 3.8) is 0 Å². The summed E-state index contributed by atoms with van der Waals surface area (Å²) >= 11 is 1.73. The van der Waals surface area contributed by atoms with Gasteiger partial charge in [0.2, 0.25) is 5.95 Å². The van der Waals surface area contributed by atoms with E-state index in [1.807, 2.05) is 7.05 Å². The van der Waals surface area contributed by atoms with Crippen LogP contribution in [0.1, 0.15) is 31.6 Å². The minimum atomic E-state index is 0.708. The molecule has 0 aliphatic heterocycles. The van der Waals surface area contributed by atoms with Gasteiger partial charge in [-0.1, -0.05) is 13.3 Å². The van der Waals surface area contributed by atoms with Gasteiger partial charge in [0.1, 0.15) is 10.6 Å². The highest BCUT2D eigenvalue weighted by atomic mass is 32.1. The molecule has 2 aromatic rings. The first-order chi connectivity index (χ1) is 9.19. The number of hydrogen-bond donors (Lipinski definition) is 1. The number of anilines is 2. The van der Waals surface area contributed by atoms with Crippen molar-refractivity contribution in [2.75, 3.05) is 30.4 Å². The zero-order valence-corrected chi connectivity index (χ0v) is 13.0. The van der Waals surface area contributed by atoms with Gasteiger partial charge in [-0.3, -0.25) is 0 Å². The molecule has 2 rings (SSSR count). The predicted octanol–water partition coefficient (Wildman–Crippen LogP) is 3.67. The Labute approximate surface area is 118 Å². The third-order valence-corrected chi connectivity index (χ3v) is 4.13. The lowest BCUT2D eigenvalue weighted by atomic mass is 10.2. The molecule has 1 N–H and O–H groups in total. The van der Waals surface area contributed by atoms with Crippen LogP contribution in [0.25, 0.3) is 10.2 Å². The summed E-state index contributed by atoms with van der Waals surface area (Å²) in [4.78, 5) is 13.9. The van der Waals surface area contributed by atoms with Crippen LogP contribution < -0.4 is 10.2 Å². The van der Waals surface area contributed by atoms with E-state index in [0.29, 0.717) is 5.95 Å². The Balaban J connectivity index is 2.48. The Bertz CT molecular complexity index is 550. The number of aromatic nitrogens is 2. The molecule has 0 radical (unpaired) electrons. The summed E-state index contributed by atoms with van der Waals surface area (Å²) in [6, 6.07) is 2.20. The molecule has 0 amide bonds. The highest BCUT2D eigenvalue weighted by Crippen LogP contribution is 2.31. The van der Waals surface area contributed by atoms with Crippen molar-refractivity contribution >= 4 is 33.3 Å². The number of thiophene rings is 1. The van der Waals surface area contributed by atoms with E-state index in [9.17, 15) is 0 Å². The van der Waals surface area contributed by atoms with Crippen LogP contribution in [0, 0.1) is 6.92 Å². The Morgan fingerprint density at radius 3 is 2.74 bits per heavy atom. The van der Waals surface area contributed by atoms with Crippen molar-refractivity contribution < 1.29 is 0 Å². The van der Waals surface area contributed by atoms with E-state index >= 15 is 0 Å². The standard InChI is InChI=1S/C14H22N4S/c1-5-7-8-18(6-2)12-11-9-10(3)19-13(11)17-14(15-4)16-12/h9H,5-8H2,1-4H3,(H,15,16,17). The number of unbranched alkanes of at least 4 members (excludes halogenated alkanes) is 1. The van der Waals surface area contributed by atoms with E-state index < -0.39 is 0 Å². The SMILES string of the molecule is CCCCN(CC)c1nc(NC)nc2sc(C)cc12. The second-order valence-corrected chi connectivity index (χ2v) is 5.86. The third-order valence-electron chi connectivity index (χ3n) is 3.18. The van der Waals surface area contributed by atoms with Crippen molar-refractivity contribution in [2.24, 2.45) is 0 Å². The molecule has 4 nitrogen and oxygen atoms in total. The van der Waals surface area contributed by atoms with Gasteiger partial charge >= 0.3 is 0 Å². The maximum absolute atomic E-state index is 4.67. The van der Waals surface area contributed by atoms with Gasteiger partial charge in [0.15, 0.2) is 0 Å². The van der Waals surface area contributed by atoms with Crippen LogP contribution in [-0.4, -0.2) is 30.1 Å². The Morgan fingerprint density at radius 2 is 2.11 bits per heavy atom. The van der Waals surface area contributed by atoms with E-state index in [1.165, 1.54) is 23.1 Å². The van der Waals surface area contributed by atoms with Gasteiger partial charge in [-0.25, -0.2) is 4.98 Å². The zero-order valence-electron chi connectivity index (χ0n) is 12.2. The second-order valence-electron chi connectivity index (χ2n) is 4.63. The molecule has 0 saturated heterocycles. The number of aryl methyl sites for hydroxylation is 1. The molecule has 0 atom stereocenters. The average molecular weight is 278 g/mol. The molecule has 0 fully saturated rings. The van der Waals surface area contributed by atoms with Crippen molar-refractivity contribution in [1.29, 1.82) is 0 Å². The Morgan fingerprint density at radius 1 is 1.32 bits per heavy atom. The monoisotopic (exact) mass is 278 g/mol. The molecule has 2 aromatic heterocycles. The van der Waals surface area contributed by atoms with Gasteiger partial charge in [-0.05, 0) is 26.3 Å². The van der Waals surface area contributed by atoms with Crippen LogP contribution in [0.5, 0.6) is 0 Å². The smallest absolute Gasteiger partial charge is 0.225 e. The first-order valence-corrected chi connectivity index (χ1v) is 7.72. The van der Waals surface area contributed by atoms with Gasteiger partial charge in [-0.15, -0.1) is 11.3 Å². The molecule has 0 saturated carbocycles. The lowest BCUT2D eigenvalue weighted by molar-refractivity contribution is 0.726. The highest BCUT2D eigenvalue weighted by Gasteiger charge is 2.14. The molecule has 0 bridgehead atoms. The lowest BCUT2D eigenvalue weighted by Gasteiger charge is -2.22. The molecular formula is C14H22N4S. The van der Waals surface area contributed by atoms with Crippen molar-refractivity contribution in [2.45, 2.75) is 33.6 Å². The molecule has 5 heteroatoms. The zero-order chi connectivity index (χ0) is 13.8. The van der Waals surface area contributed by atoms with Crippen LogP contribution in [0.3, 0.4) is 0 Å². The topological polar surface area (TPSA) is 41.1 Å². The molecule has 104 valence electrons. The Hall–Kier alpha value is -1.36. The first-order valence-electron chi connectivity index (χ1n) is 6.90. The van der Waals surface area contributed by atoms with Crippen LogP contribution in [0.2, 0.25) is 0 Å². The van der Waals surface area contributed by atoms with E-state index in [1.54, 1.807) is 11.3 Å². The molecule has 2 heterocycles. The first kappa shape index (κ1) is 14.1. The fourth-order valence-electron chi connectivity index (χ4n) is 2.14. The fraction of sp³-hybridized carbons (Fsp3) is 0.571. The van der Waals surface area contributed by atoms with Crippen LogP contribution in [-0.2, 0) is 0 Å². The minimum absolute atomic E-state index is 0.708. The average Bonchev–Trinajstić information content (AvgIpc) is 2.79. The summed E-state index contributed by atoms with van der Waals surface area (Å²) < 4.78 is 0. The lowest BCUT2D eigenvalue weighted by Crippen LogP contribution is -2.25. The molecule has 0 aliphatic carbocycles. The van der Waals surface area contributed by atoms with Crippen LogP contribution in [0.4, 0.5) is 11.8 Å². The normalized spacial score (nSPS) is 10.9. The number of rotatable bonds is 6. The van der Waals surface area contributed by atoms with E-state index in [-0.39, 0.29) is 0 Å². The van der Waals surface area contributed by atoms with Crippen LogP contribution >= 0.6 is 11.3 Å². The van der Waals surface area contributed by atoms with E-state index in [0.717, 1.165) is 23.7 Å². The summed E-state index contributed by atoms with van der Waals surface area (Å²) in [5.41, 5.74) is 0. The summed E-state index contributed by atoms with van der Waals surface area (Å²) in [7, 11) is 1.87. The van der Waals surface area contributed by atoms with Gasteiger partial charge in [0.25, 0.3) is 0 Å². The number of nitrogens with zero attached hydrogens (tertiary/aromatic N) is 3. The number of fused-ring (bicyclic) bond motifs is 1. The quantitative estimate of drug-likeness (QED) is 0.875. The second kappa shape index (κ2) is 6.19. The van der Waals surface area contributed by atoms with Crippen molar-refractivity contribution in [1.82, 2.24) is 9.97 Å². The predicted molar refractivity (Wildman–Crippen MR) is 84.5 cm³/mol. The fourth-order valence-corrected chi connectivity index (χ4v) is 3.02. The summed E-state index contributed by atoms with van der Waals surface area (Å²) in [5.74, 6) is 1.77. The summed E-state index contributed by atoms with van der Waals surface area (Å²) in [5, 5.41) is 4.24. The molecular weight excluding hydrogens is 256 g/mol. The van der Waals surface area contributed by atoms with Gasteiger partial charge in [0, 0.05) is 25.0 Å². The van der Waals surface area contributed by atoms with Gasteiger partial charge in [-0.2, -0.15) is 4.98 Å². The van der Waals surface area contributed by atoms with E-state index in [4.69, 9.17) is 0 Å². The van der Waals surface area contributed by atoms with Crippen molar-refractivity contribution in [3.05, 3.63) is 10.9 Å². The molecule has 0 aromatic carbocycles. The number of hydrogen-bond acceptors (Lipinski definition) is 5. The molecule has 0 spiro atoms. The number of nitrogens with one attached hydrogen (secondary N) is 1. The molecule has 0 aliphatic rings. The van der Waals surface area contributed by atoms with E-state index in [2.05, 4.69) is 47.0 Å².